The van der Waals surface area contributed by atoms with E-state index in [1.165, 1.54) is 0 Å². The van der Waals surface area contributed by atoms with Gasteiger partial charge in [-0.05, 0) is 31.0 Å². The smallest absolute Gasteiger partial charge is 0.220 e. The fraction of sp³-hybridized carbons (Fsp3) is 0.417. The first kappa shape index (κ1) is 12.2. The molecule has 0 bridgehead atoms. The zero-order valence-corrected chi connectivity index (χ0v) is 10.7. The molecule has 0 aromatic heterocycles. The van der Waals surface area contributed by atoms with Gasteiger partial charge in [-0.2, -0.15) is 0 Å². The molecule has 0 saturated heterocycles. The maximum Gasteiger partial charge on any atom is 0.220 e. The maximum absolute atomic E-state index is 11.4. The molecule has 0 saturated carbocycles. The summed E-state index contributed by atoms with van der Waals surface area (Å²) in [5, 5.41) is 2.96. The van der Waals surface area contributed by atoms with Crippen LogP contribution >= 0.6 is 15.9 Å². The van der Waals surface area contributed by atoms with E-state index in [-0.39, 0.29) is 11.9 Å². The number of rotatable bonds is 4. The third-order valence-corrected chi connectivity index (χ3v) is 2.70. The summed E-state index contributed by atoms with van der Waals surface area (Å²) in [6, 6.07) is 8.06. The predicted molar refractivity (Wildman–Crippen MR) is 65.6 cm³/mol. The fourth-order valence-electron chi connectivity index (χ4n) is 1.40. The summed E-state index contributed by atoms with van der Waals surface area (Å²) in [6.45, 7) is 4.00. The largest absolute Gasteiger partial charge is 0.350 e. The van der Waals surface area contributed by atoms with Gasteiger partial charge in [0.05, 0.1) is 6.04 Å². The first-order valence-corrected chi connectivity index (χ1v) is 5.97. The van der Waals surface area contributed by atoms with Crippen LogP contribution < -0.4 is 5.32 Å². The fourth-order valence-corrected chi connectivity index (χ4v) is 1.82. The number of halogens is 1. The van der Waals surface area contributed by atoms with Crippen molar-refractivity contribution < 1.29 is 4.79 Å². The third-order valence-electron chi connectivity index (χ3n) is 2.20. The normalized spacial score (nSPS) is 12.2. The van der Waals surface area contributed by atoms with Crippen LogP contribution in [0.25, 0.3) is 0 Å². The minimum absolute atomic E-state index is 0.0709. The molecule has 82 valence electrons. The predicted octanol–water partition coefficient (Wildman–Crippen LogP) is 3.43. The van der Waals surface area contributed by atoms with Crippen LogP contribution in [0.2, 0.25) is 0 Å². The van der Waals surface area contributed by atoms with E-state index in [4.69, 9.17) is 0 Å². The molecule has 0 aliphatic heterocycles. The van der Waals surface area contributed by atoms with Crippen molar-refractivity contribution in [2.45, 2.75) is 32.7 Å². The Kier molecular flexibility index (Phi) is 4.82. The van der Waals surface area contributed by atoms with E-state index in [1.54, 1.807) is 0 Å². The zero-order chi connectivity index (χ0) is 11.3. The average molecular weight is 270 g/mol. The molecule has 0 radical (unpaired) electrons. The molecule has 1 aromatic carbocycles. The van der Waals surface area contributed by atoms with Crippen molar-refractivity contribution in [1.29, 1.82) is 0 Å². The summed E-state index contributed by atoms with van der Waals surface area (Å²) in [4.78, 5) is 11.4. The molecule has 1 amide bonds. The quantitative estimate of drug-likeness (QED) is 0.892. The second-order valence-electron chi connectivity index (χ2n) is 3.59. The standard InChI is InChI=1S/C12H16BrNO/c1-3-5-12(15)14-9(2)10-6-4-7-11(13)8-10/h4,6-9H,3,5H2,1-2H3,(H,14,15)/t9-/m0/s1. The van der Waals surface area contributed by atoms with E-state index in [2.05, 4.69) is 21.2 Å². The number of carbonyl (C=O) groups excluding carboxylic acids is 1. The van der Waals surface area contributed by atoms with Crippen molar-refractivity contribution >= 4 is 21.8 Å². The molecular weight excluding hydrogens is 254 g/mol. The number of carbonyl (C=O) groups is 1. The highest BCUT2D eigenvalue weighted by atomic mass is 79.9. The van der Waals surface area contributed by atoms with Gasteiger partial charge in [-0.25, -0.2) is 0 Å². The highest BCUT2D eigenvalue weighted by Gasteiger charge is 2.08. The van der Waals surface area contributed by atoms with Crippen molar-refractivity contribution in [2.75, 3.05) is 0 Å². The summed E-state index contributed by atoms with van der Waals surface area (Å²) < 4.78 is 1.04. The van der Waals surface area contributed by atoms with Gasteiger partial charge in [0.1, 0.15) is 0 Å². The molecule has 1 N–H and O–H groups in total. The maximum atomic E-state index is 11.4. The monoisotopic (exact) mass is 269 g/mol. The van der Waals surface area contributed by atoms with Crippen molar-refractivity contribution in [3.05, 3.63) is 34.3 Å². The van der Waals surface area contributed by atoms with Gasteiger partial charge in [0.25, 0.3) is 0 Å². The number of hydrogen-bond acceptors (Lipinski definition) is 1. The number of nitrogens with one attached hydrogen (secondary N) is 1. The molecule has 0 heterocycles. The lowest BCUT2D eigenvalue weighted by atomic mass is 10.1. The van der Waals surface area contributed by atoms with Crippen molar-refractivity contribution in [3.63, 3.8) is 0 Å². The minimum atomic E-state index is 0.0709. The molecular formula is C12H16BrNO. The Bertz CT molecular complexity index is 338. The van der Waals surface area contributed by atoms with E-state index < -0.39 is 0 Å². The van der Waals surface area contributed by atoms with Crippen LogP contribution in [0.1, 0.15) is 38.3 Å². The summed E-state index contributed by atoms with van der Waals surface area (Å²) in [5.41, 5.74) is 1.12. The molecule has 2 nitrogen and oxygen atoms in total. The summed E-state index contributed by atoms with van der Waals surface area (Å²) >= 11 is 3.41. The molecule has 0 spiro atoms. The molecule has 15 heavy (non-hydrogen) atoms. The topological polar surface area (TPSA) is 29.1 Å². The van der Waals surface area contributed by atoms with E-state index >= 15 is 0 Å². The summed E-state index contributed by atoms with van der Waals surface area (Å²) in [7, 11) is 0. The Hall–Kier alpha value is -0.830. The minimum Gasteiger partial charge on any atom is -0.350 e. The average Bonchev–Trinajstić information content (AvgIpc) is 2.18. The Morgan fingerprint density at radius 1 is 1.53 bits per heavy atom. The molecule has 0 fully saturated rings. The van der Waals surface area contributed by atoms with Crippen LogP contribution in [-0.2, 0) is 4.79 Å². The molecule has 1 aromatic rings. The SMILES string of the molecule is CCCC(=O)N[C@@H](C)c1cccc(Br)c1. The Morgan fingerprint density at radius 2 is 2.27 bits per heavy atom. The third kappa shape index (κ3) is 4.04. The molecule has 0 unspecified atom stereocenters. The first-order chi connectivity index (χ1) is 7.13. The molecule has 0 aliphatic rings. The first-order valence-electron chi connectivity index (χ1n) is 5.18. The Morgan fingerprint density at radius 3 is 2.87 bits per heavy atom. The highest BCUT2D eigenvalue weighted by Crippen LogP contribution is 2.17. The van der Waals surface area contributed by atoms with Crippen LogP contribution in [0, 0.1) is 0 Å². The summed E-state index contributed by atoms with van der Waals surface area (Å²) in [5.74, 6) is 0.116. The van der Waals surface area contributed by atoms with E-state index in [0.717, 1.165) is 16.5 Å². The van der Waals surface area contributed by atoms with Crippen LogP contribution in [0.5, 0.6) is 0 Å². The van der Waals surface area contributed by atoms with Gasteiger partial charge in [0, 0.05) is 10.9 Å². The van der Waals surface area contributed by atoms with Gasteiger partial charge >= 0.3 is 0 Å². The lowest BCUT2D eigenvalue weighted by Crippen LogP contribution is -2.26. The van der Waals surface area contributed by atoms with Crippen molar-refractivity contribution in [1.82, 2.24) is 5.32 Å². The zero-order valence-electron chi connectivity index (χ0n) is 9.09. The van der Waals surface area contributed by atoms with Gasteiger partial charge in [0.15, 0.2) is 0 Å². The number of benzene rings is 1. The van der Waals surface area contributed by atoms with Gasteiger partial charge in [0.2, 0.25) is 5.91 Å². The van der Waals surface area contributed by atoms with Crippen molar-refractivity contribution in [2.24, 2.45) is 0 Å². The highest BCUT2D eigenvalue weighted by molar-refractivity contribution is 9.10. The van der Waals surface area contributed by atoms with Crippen LogP contribution in [-0.4, -0.2) is 5.91 Å². The van der Waals surface area contributed by atoms with E-state index in [9.17, 15) is 4.79 Å². The number of amides is 1. The van der Waals surface area contributed by atoms with Gasteiger partial charge in [-0.1, -0.05) is 35.0 Å². The van der Waals surface area contributed by atoms with Crippen LogP contribution in [0.4, 0.5) is 0 Å². The Labute approximate surface area is 99.2 Å². The van der Waals surface area contributed by atoms with E-state index in [0.29, 0.717) is 6.42 Å². The number of hydrogen-bond donors (Lipinski definition) is 1. The molecule has 1 atom stereocenters. The summed E-state index contributed by atoms with van der Waals surface area (Å²) in [6.07, 6.45) is 1.48. The van der Waals surface area contributed by atoms with Crippen LogP contribution in [0.3, 0.4) is 0 Å². The second kappa shape index (κ2) is 5.91. The van der Waals surface area contributed by atoms with Gasteiger partial charge < -0.3 is 5.32 Å². The lowest BCUT2D eigenvalue weighted by Gasteiger charge is -2.14. The Balaban J connectivity index is 2.60. The van der Waals surface area contributed by atoms with Crippen LogP contribution in [0.15, 0.2) is 28.7 Å². The van der Waals surface area contributed by atoms with Gasteiger partial charge in [-0.15, -0.1) is 0 Å². The molecule has 0 aliphatic carbocycles. The molecule has 1 rings (SSSR count). The van der Waals surface area contributed by atoms with Crippen molar-refractivity contribution in [3.8, 4) is 0 Å². The molecule has 3 heteroatoms. The second-order valence-corrected chi connectivity index (χ2v) is 4.51. The van der Waals surface area contributed by atoms with Gasteiger partial charge in [-0.3, -0.25) is 4.79 Å². The lowest BCUT2D eigenvalue weighted by molar-refractivity contribution is -0.121. The van der Waals surface area contributed by atoms with E-state index in [1.807, 2.05) is 38.1 Å².